The lowest BCUT2D eigenvalue weighted by molar-refractivity contribution is 0.0629. The van der Waals surface area contributed by atoms with E-state index in [1.165, 1.54) is 12.1 Å². The molecule has 1 aliphatic rings. The maximum absolute atomic E-state index is 13.9. The van der Waals surface area contributed by atoms with Crippen molar-refractivity contribution in [3.05, 3.63) is 65.5 Å². The first-order valence-corrected chi connectivity index (χ1v) is 7.61. The predicted molar refractivity (Wildman–Crippen MR) is 86.0 cm³/mol. The summed E-state index contributed by atoms with van der Waals surface area (Å²) >= 11 is 0. The van der Waals surface area contributed by atoms with Gasteiger partial charge in [0.15, 0.2) is 0 Å². The average molecular weight is 314 g/mol. The maximum atomic E-state index is 13.9. The van der Waals surface area contributed by atoms with E-state index in [-0.39, 0.29) is 17.5 Å². The zero-order valence-corrected chi connectivity index (χ0v) is 13.0. The molecule has 2 aromatic carbocycles. The first-order chi connectivity index (χ1) is 11.2. The molecule has 1 unspecified atom stereocenters. The fourth-order valence-electron chi connectivity index (χ4n) is 2.86. The number of hydrogen-bond acceptors (Lipinski definition) is 3. The third kappa shape index (κ3) is 3.19. The van der Waals surface area contributed by atoms with Crippen molar-refractivity contribution in [2.45, 2.75) is 6.04 Å². The van der Waals surface area contributed by atoms with E-state index in [0.29, 0.717) is 19.6 Å². The number of hydrogen-bond donors (Lipinski definition) is 1. The molecule has 1 fully saturated rings. The van der Waals surface area contributed by atoms with Crippen LogP contribution in [0, 0.1) is 5.82 Å². The summed E-state index contributed by atoms with van der Waals surface area (Å²) in [4.78, 5) is 14.5. The third-order valence-electron chi connectivity index (χ3n) is 4.11. The minimum atomic E-state index is -0.482. The molecule has 1 N–H and O–H groups in total. The number of piperazine rings is 1. The molecular formula is C18H19FN2O2. The van der Waals surface area contributed by atoms with Gasteiger partial charge in [0.25, 0.3) is 5.91 Å². The quantitative estimate of drug-likeness (QED) is 0.947. The van der Waals surface area contributed by atoms with Crippen molar-refractivity contribution in [1.29, 1.82) is 0 Å². The SMILES string of the molecule is COc1ccc(C2CNCCN2C(=O)c2ccccc2F)cc1. The lowest BCUT2D eigenvalue weighted by atomic mass is 10.0. The minimum absolute atomic E-state index is 0.118. The van der Waals surface area contributed by atoms with Crippen LogP contribution >= 0.6 is 0 Å². The summed E-state index contributed by atoms with van der Waals surface area (Å²) in [6.45, 7) is 1.89. The van der Waals surface area contributed by atoms with Gasteiger partial charge in [0.05, 0.1) is 18.7 Å². The molecule has 120 valence electrons. The molecule has 0 aromatic heterocycles. The highest BCUT2D eigenvalue weighted by Crippen LogP contribution is 2.26. The van der Waals surface area contributed by atoms with Gasteiger partial charge < -0.3 is 15.0 Å². The summed E-state index contributed by atoms with van der Waals surface area (Å²) in [7, 11) is 1.62. The minimum Gasteiger partial charge on any atom is -0.497 e. The Balaban J connectivity index is 1.89. The Labute approximate surface area is 134 Å². The molecule has 0 spiro atoms. The van der Waals surface area contributed by atoms with Crippen LogP contribution in [-0.2, 0) is 0 Å². The van der Waals surface area contributed by atoms with Gasteiger partial charge in [0, 0.05) is 19.6 Å². The summed E-state index contributed by atoms with van der Waals surface area (Å²) in [5.74, 6) is 0.0134. The molecule has 1 aliphatic heterocycles. The van der Waals surface area contributed by atoms with Gasteiger partial charge in [0.1, 0.15) is 11.6 Å². The Hall–Kier alpha value is -2.40. The normalized spacial score (nSPS) is 17.8. The van der Waals surface area contributed by atoms with Crippen molar-refractivity contribution < 1.29 is 13.9 Å². The highest BCUT2D eigenvalue weighted by Gasteiger charge is 2.29. The van der Waals surface area contributed by atoms with E-state index in [1.807, 2.05) is 24.3 Å². The number of halogens is 1. The van der Waals surface area contributed by atoms with E-state index >= 15 is 0 Å². The smallest absolute Gasteiger partial charge is 0.257 e. The number of carbonyl (C=O) groups is 1. The fourth-order valence-corrected chi connectivity index (χ4v) is 2.86. The van der Waals surface area contributed by atoms with Crippen LogP contribution in [0.15, 0.2) is 48.5 Å². The fraction of sp³-hybridized carbons (Fsp3) is 0.278. The lowest BCUT2D eigenvalue weighted by Gasteiger charge is -2.36. The summed E-state index contributed by atoms with van der Waals surface area (Å²) < 4.78 is 19.1. The summed E-state index contributed by atoms with van der Waals surface area (Å²) in [5.41, 5.74) is 1.12. The second-order valence-electron chi connectivity index (χ2n) is 5.47. The topological polar surface area (TPSA) is 41.6 Å². The van der Waals surface area contributed by atoms with Crippen LogP contribution in [0.25, 0.3) is 0 Å². The van der Waals surface area contributed by atoms with E-state index < -0.39 is 5.82 Å². The van der Waals surface area contributed by atoms with Crippen molar-refractivity contribution in [2.24, 2.45) is 0 Å². The van der Waals surface area contributed by atoms with E-state index in [4.69, 9.17) is 4.74 Å². The van der Waals surface area contributed by atoms with Crippen molar-refractivity contribution in [3.8, 4) is 5.75 Å². The Kier molecular flexibility index (Phi) is 4.57. The van der Waals surface area contributed by atoms with Gasteiger partial charge in [-0.05, 0) is 29.8 Å². The Morgan fingerprint density at radius 2 is 1.96 bits per heavy atom. The summed E-state index contributed by atoms with van der Waals surface area (Å²) in [6.07, 6.45) is 0. The van der Waals surface area contributed by atoms with Crippen molar-refractivity contribution in [1.82, 2.24) is 10.2 Å². The Morgan fingerprint density at radius 3 is 2.65 bits per heavy atom. The Bertz CT molecular complexity index is 688. The van der Waals surface area contributed by atoms with Crippen LogP contribution in [0.3, 0.4) is 0 Å². The maximum Gasteiger partial charge on any atom is 0.257 e. The number of amides is 1. The zero-order chi connectivity index (χ0) is 16.2. The molecule has 0 saturated carbocycles. The number of ether oxygens (including phenoxy) is 1. The van der Waals surface area contributed by atoms with E-state index in [0.717, 1.165) is 11.3 Å². The van der Waals surface area contributed by atoms with Gasteiger partial charge in [-0.15, -0.1) is 0 Å². The molecule has 2 aromatic rings. The van der Waals surface area contributed by atoms with Crippen LogP contribution in [0.4, 0.5) is 4.39 Å². The number of nitrogens with one attached hydrogen (secondary N) is 1. The second-order valence-corrected chi connectivity index (χ2v) is 5.47. The monoisotopic (exact) mass is 314 g/mol. The van der Waals surface area contributed by atoms with Gasteiger partial charge in [-0.2, -0.15) is 0 Å². The van der Waals surface area contributed by atoms with E-state index in [1.54, 1.807) is 24.1 Å². The first kappa shape index (κ1) is 15.5. The molecule has 3 rings (SSSR count). The largest absolute Gasteiger partial charge is 0.497 e. The highest BCUT2D eigenvalue weighted by molar-refractivity contribution is 5.94. The molecule has 5 heteroatoms. The van der Waals surface area contributed by atoms with Crippen LogP contribution in [0.1, 0.15) is 22.0 Å². The van der Waals surface area contributed by atoms with Crippen LogP contribution in [-0.4, -0.2) is 37.6 Å². The van der Waals surface area contributed by atoms with Gasteiger partial charge >= 0.3 is 0 Å². The first-order valence-electron chi connectivity index (χ1n) is 7.61. The summed E-state index contributed by atoms with van der Waals surface area (Å²) in [5, 5.41) is 3.29. The molecule has 1 saturated heterocycles. The molecule has 1 amide bonds. The van der Waals surface area contributed by atoms with Gasteiger partial charge in [0.2, 0.25) is 0 Å². The lowest BCUT2D eigenvalue weighted by Crippen LogP contribution is -2.48. The number of benzene rings is 2. The van der Waals surface area contributed by atoms with E-state index in [2.05, 4.69) is 5.32 Å². The predicted octanol–water partition coefficient (Wildman–Crippen LogP) is 2.62. The molecular weight excluding hydrogens is 295 g/mol. The number of rotatable bonds is 3. The molecule has 0 aliphatic carbocycles. The molecule has 1 atom stereocenters. The number of nitrogens with zero attached hydrogens (tertiary/aromatic N) is 1. The van der Waals surface area contributed by atoms with Crippen molar-refractivity contribution in [3.63, 3.8) is 0 Å². The number of methoxy groups -OCH3 is 1. The zero-order valence-electron chi connectivity index (χ0n) is 13.0. The van der Waals surface area contributed by atoms with Crippen LogP contribution in [0.5, 0.6) is 5.75 Å². The molecule has 4 nitrogen and oxygen atoms in total. The van der Waals surface area contributed by atoms with Crippen LogP contribution in [0.2, 0.25) is 0 Å². The second kappa shape index (κ2) is 6.79. The Morgan fingerprint density at radius 1 is 1.22 bits per heavy atom. The highest BCUT2D eigenvalue weighted by atomic mass is 19.1. The van der Waals surface area contributed by atoms with Crippen molar-refractivity contribution in [2.75, 3.05) is 26.7 Å². The molecule has 1 heterocycles. The van der Waals surface area contributed by atoms with Crippen LogP contribution < -0.4 is 10.1 Å². The molecule has 0 bridgehead atoms. The number of carbonyl (C=O) groups excluding carboxylic acids is 1. The van der Waals surface area contributed by atoms with Gasteiger partial charge in [-0.1, -0.05) is 24.3 Å². The van der Waals surface area contributed by atoms with Gasteiger partial charge in [-0.25, -0.2) is 4.39 Å². The molecule has 0 radical (unpaired) electrons. The average Bonchev–Trinajstić information content (AvgIpc) is 2.62. The summed E-state index contributed by atoms with van der Waals surface area (Å²) in [6, 6.07) is 13.6. The molecule has 23 heavy (non-hydrogen) atoms. The third-order valence-corrected chi connectivity index (χ3v) is 4.11. The van der Waals surface area contributed by atoms with Crippen molar-refractivity contribution >= 4 is 5.91 Å². The van der Waals surface area contributed by atoms with Gasteiger partial charge in [-0.3, -0.25) is 4.79 Å². The van der Waals surface area contributed by atoms with E-state index in [9.17, 15) is 9.18 Å². The standard InChI is InChI=1S/C18H19FN2O2/c1-23-14-8-6-13(7-9-14)17-12-20-10-11-21(17)18(22)15-4-2-3-5-16(15)19/h2-9,17,20H,10-12H2,1H3.